The van der Waals surface area contributed by atoms with Crippen LogP contribution in [0, 0.1) is 0 Å². The van der Waals surface area contributed by atoms with Crippen molar-refractivity contribution >= 4 is 22.7 Å². The summed E-state index contributed by atoms with van der Waals surface area (Å²) < 4.78 is 2.20. The molecule has 1 atom stereocenters. The predicted octanol–water partition coefficient (Wildman–Crippen LogP) is 2.80. The third-order valence-corrected chi connectivity index (χ3v) is 3.65. The van der Waals surface area contributed by atoms with E-state index in [1.54, 1.807) is 0 Å². The zero-order valence-electron chi connectivity index (χ0n) is 10.0. The molecule has 1 aromatic carbocycles. The minimum Gasteiger partial charge on any atom is -0.350 e. The maximum absolute atomic E-state index is 3.39. The molecule has 1 N–H and O–H groups in total. The average Bonchev–Trinajstić information content (AvgIpc) is 2.65. The Morgan fingerprint density at radius 2 is 2.12 bits per heavy atom. The first-order valence-electron chi connectivity index (χ1n) is 5.48. The summed E-state index contributed by atoms with van der Waals surface area (Å²) in [6.45, 7) is 0. The Bertz CT molecular complexity index is 476. The first-order valence-corrected chi connectivity index (χ1v) is 6.87. The van der Waals surface area contributed by atoms with Crippen LogP contribution in [-0.4, -0.2) is 23.6 Å². The van der Waals surface area contributed by atoms with E-state index in [1.165, 1.54) is 16.5 Å². The third kappa shape index (κ3) is 1.97. The van der Waals surface area contributed by atoms with Crippen molar-refractivity contribution in [3.63, 3.8) is 0 Å². The molecule has 16 heavy (non-hydrogen) atoms. The summed E-state index contributed by atoms with van der Waals surface area (Å²) in [7, 11) is 4.14. The van der Waals surface area contributed by atoms with E-state index in [9.17, 15) is 0 Å². The summed E-state index contributed by atoms with van der Waals surface area (Å²) in [4.78, 5) is 0. The minimum atomic E-state index is 0.432. The van der Waals surface area contributed by atoms with Crippen molar-refractivity contribution in [1.82, 2.24) is 9.88 Å². The van der Waals surface area contributed by atoms with E-state index in [0.717, 1.165) is 5.75 Å². The molecule has 0 amide bonds. The van der Waals surface area contributed by atoms with E-state index in [1.807, 2.05) is 18.8 Å². The van der Waals surface area contributed by atoms with Crippen molar-refractivity contribution in [2.24, 2.45) is 7.05 Å². The molecule has 0 aliphatic rings. The van der Waals surface area contributed by atoms with Gasteiger partial charge in [-0.2, -0.15) is 11.8 Å². The Hall–Kier alpha value is -0.930. The second-order valence-electron chi connectivity index (χ2n) is 4.01. The van der Waals surface area contributed by atoms with Gasteiger partial charge in [-0.05, 0) is 24.9 Å². The molecule has 2 nitrogen and oxygen atoms in total. The fourth-order valence-corrected chi connectivity index (χ4v) is 2.83. The maximum Gasteiger partial charge on any atom is 0.0481 e. The minimum absolute atomic E-state index is 0.432. The molecular weight excluding hydrogens is 216 g/mol. The number of nitrogens with one attached hydrogen (secondary N) is 1. The zero-order chi connectivity index (χ0) is 11.5. The number of nitrogens with zero attached hydrogens (tertiary/aromatic N) is 1. The lowest BCUT2D eigenvalue weighted by Crippen LogP contribution is -2.18. The molecule has 0 aliphatic carbocycles. The molecule has 0 saturated carbocycles. The Morgan fingerprint density at radius 3 is 2.81 bits per heavy atom. The van der Waals surface area contributed by atoms with Gasteiger partial charge in [-0.15, -0.1) is 0 Å². The smallest absolute Gasteiger partial charge is 0.0481 e. The lowest BCUT2D eigenvalue weighted by atomic mass is 10.1. The van der Waals surface area contributed by atoms with Crippen molar-refractivity contribution in [1.29, 1.82) is 0 Å². The first-order chi connectivity index (χ1) is 7.77. The molecule has 1 aromatic heterocycles. The molecule has 1 heterocycles. The number of hydrogen-bond donors (Lipinski definition) is 1. The highest BCUT2D eigenvalue weighted by molar-refractivity contribution is 7.98. The number of fused-ring (bicyclic) bond motifs is 1. The average molecular weight is 234 g/mol. The fraction of sp³-hybridized carbons (Fsp3) is 0.385. The van der Waals surface area contributed by atoms with E-state index < -0.39 is 0 Å². The van der Waals surface area contributed by atoms with Gasteiger partial charge in [0.15, 0.2) is 0 Å². The van der Waals surface area contributed by atoms with Crippen LogP contribution in [0.5, 0.6) is 0 Å². The van der Waals surface area contributed by atoms with E-state index in [4.69, 9.17) is 0 Å². The Balaban J connectivity index is 2.51. The number of benzene rings is 1. The second kappa shape index (κ2) is 4.93. The lowest BCUT2D eigenvalue weighted by Gasteiger charge is -2.13. The van der Waals surface area contributed by atoms with Crippen molar-refractivity contribution in [3.05, 3.63) is 36.0 Å². The molecule has 1 unspecified atom stereocenters. The fourth-order valence-electron chi connectivity index (χ4n) is 2.15. The van der Waals surface area contributed by atoms with Gasteiger partial charge in [0.05, 0.1) is 0 Å². The topological polar surface area (TPSA) is 17.0 Å². The van der Waals surface area contributed by atoms with Gasteiger partial charge in [0, 0.05) is 35.9 Å². The van der Waals surface area contributed by atoms with Gasteiger partial charge in [-0.1, -0.05) is 18.2 Å². The molecule has 3 heteroatoms. The quantitative estimate of drug-likeness (QED) is 0.876. The van der Waals surface area contributed by atoms with Gasteiger partial charge in [-0.3, -0.25) is 0 Å². The maximum atomic E-state index is 3.39. The largest absolute Gasteiger partial charge is 0.350 e. The summed E-state index contributed by atoms with van der Waals surface area (Å²) in [5.41, 5.74) is 2.70. The van der Waals surface area contributed by atoms with Crippen molar-refractivity contribution in [2.75, 3.05) is 19.1 Å². The summed E-state index contributed by atoms with van der Waals surface area (Å²) >= 11 is 1.88. The standard InChI is InChI=1S/C13H18N2S/c1-14-12(9-16-3)11-8-15(2)13-7-5-4-6-10(11)13/h4-8,12,14H,9H2,1-3H3. The molecular formula is C13H18N2S. The molecule has 0 saturated heterocycles. The highest BCUT2D eigenvalue weighted by atomic mass is 32.2. The van der Waals surface area contributed by atoms with Crippen LogP contribution in [0.25, 0.3) is 10.9 Å². The molecule has 0 spiro atoms. The number of hydrogen-bond acceptors (Lipinski definition) is 2. The van der Waals surface area contributed by atoms with Crippen molar-refractivity contribution < 1.29 is 0 Å². The first kappa shape index (κ1) is 11.6. The van der Waals surface area contributed by atoms with Crippen LogP contribution >= 0.6 is 11.8 Å². The Kier molecular flexibility index (Phi) is 3.56. The van der Waals surface area contributed by atoms with Gasteiger partial charge in [0.25, 0.3) is 0 Å². The normalized spacial score (nSPS) is 13.2. The van der Waals surface area contributed by atoms with Crippen molar-refractivity contribution in [3.8, 4) is 0 Å². The van der Waals surface area contributed by atoms with Crippen LogP contribution in [0.3, 0.4) is 0 Å². The van der Waals surface area contributed by atoms with E-state index in [0.29, 0.717) is 6.04 Å². The van der Waals surface area contributed by atoms with Crippen molar-refractivity contribution in [2.45, 2.75) is 6.04 Å². The number of thioether (sulfide) groups is 1. The van der Waals surface area contributed by atoms with E-state index in [2.05, 4.69) is 53.6 Å². The highest BCUT2D eigenvalue weighted by Gasteiger charge is 2.14. The SMILES string of the molecule is CNC(CSC)c1cn(C)c2ccccc12. The molecule has 0 radical (unpaired) electrons. The van der Waals surface area contributed by atoms with Gasteiger partial charge >= 0.3 is 0 Å². The Morgan fingerprint density at radius 1 is 1.38 bits per heavy atom. The predicted molar refractivity (Wildman–Crippen MR) is 73.1 cm³/mol. The second-order valence-corrected chi connectivity index (χ2v) is 4.92. The number of aryl methyl sites for hydroxylation is 1. The zero-order valence-corrected chi connectivity index (χ0v) is 10.8. The highest BCUT2D eigenvalue weighted by Crippen LogP contribution is 2.27. The van der Waals surface area contributed by atoms with Gasteiger partial charge in [-0.25, -0.2) is 0 Å². The summed E-state index contributed by atoms with van der Waals surface area (Å²) in [6, 6.07) is 9.01. The van der Waals surface area contributed by atoms with Gasteiger partial charge in [0.1, 0.15) is 0 Å². The molecule has 0 aliphatic heterocycles. The van der Waals surface area contributed by atoms with Gasteiger partial charge in [0.2, 0.25) is 0 Å². The molecule has 0 fully saturated rings. The monoisotopic (exact) mass is 234 g/mol. The van der Waals surface area contributed by atoms with Gasteiger partial charge < -0.3 is 9.88 Å². The molecule has 2 rings (SSSR count). The summed E-state index contributed by atoms with van der Waals surface area (Å²) in [5.74, 6) is 1.10. The summed E-state index contributed by atoms with van der Waals surface area (Å²) in [5, 5.41) is 4.75. The Labute approximate surface area is 101 Å². The third-order valence-electron chi connectivity index (χ3n) is 2.98. The summed E-state index contributed by atoms with van der Waals surface area (Å²) in [6.07, 6.45) is 4.39. The van der Waals surface area contributed by atoms with Crippen LogP contribution in [0.15, 0.2) is 30.5 Å². The lowest BCUT2D eigenvalue weighted by molar-refractivity contribution is 0.664. The van der Waals surface area contributed by atoms with E-state index >= 15 is 0 Å². The van der Waals surface area contributed by atoms with Crippen LogP contribution in [-0.2, 0) is 7.05 Å². The van der Waals surface area contributed by atoms with Crippen LogP contribution in [0.1, 0.15) is 11.6 Å². The van der Waals surface area contributed by atoms with Crippen LogP contribution < -0.4 is 5.32 Å². The number of rotatable bonds is 4. The number of aromatic nitrogens is 1. The van der Waals surface area contributed by atoms with Crippen LogP contribution in [0.4, 0.5) is 0 Å². The number of para-hydroxylation sites is 1. The van der Waals surface area contributed by atoms with Crippen LogP contribution in [0.2, 0.25) is 0 Å². The van der Waals surface area contributed by atoms with E-state index in [-0.39, 0.29) is 0 Å². The molecule has 2 aromatic rings. The molecule has 0 bridgehead atoms. The molecule has 86 valence electrons.